The van der Waals surface area contributed by atoms with Crippen LogP contribution in [-0.4, -0.2) is 37.4 Å². The van der Waals surface area contributed by atoms with Crippen molar-refractivity contribution in [2.45, 2.75) is 19.6 Å². The van der Waals surface area contributed by atoms with Gasteiger partial charge in [0, 0.05) is 5.41 Å². The van der Waals surface area contributed by atoms with Crippen molar-refractivity contribution in [1.82, 2.24) is 0 Å². The molecule has 1 aliphatic heterocycles. The predicted octanol–water partition coefficient (Wildman–Crippen LogP) is 3.16. The summed E-state index contributed by atoms with van der Waals surface area (Å²) in [5.74, 6) is 0. The average molecular weight is 292 g/mol. The summed E-state index contributed by atoms with van der Waals surface area (Å²) in [7, 11) is 0. The van der Waals surface area contributed by atoms with Crippen molar-refractivity contribution in [1.29, 1.82) is 0 Å². The molecule has 5 heteroatoms. The zero-order valence-corrected chi connectivity index (χ0v) is 12.0. The van der Waals surface area contributed by atoms with Gasteiger partial charge in [0.1, 0.15) is 0 Å². The predicted molar refractivity (Wildman–Crippen MR) is 77.9 cm³/mol. The van der Waals surface area contributed by atoms with Crippen LogP contribution in [0.1, 0.15) is 18.9 Å². The van der Waals surface area contributed by atoms with E-state index in [1.165, 1.54) is 0 Å². The number of hydrogen-bond acceptors (Lipinski definition) is 4. The standard InChI is InChI=1S/C16H20O5/c1-16(9-10-19-15(17)18)11-20-14(21-12-16)8-7-13-5-3-2-4-6-13/h2-8,14H,9-12H2,1H3,(H,17,18). The molecule has 0 unspecified atom stereocenters. The van der Waals surface area contributed by atoms with Gasteiger partial charge in [0.15, 0.2) is 6.29 Å². The normalized spacial score (nSPS) is 25.9. The molecule has 1 aliphatic rings. The third kappa shape index (κ3) is 5.21. The number of rotatable bonds is 5. The maximum absolute atomic E-state index is 10.3. The molecule has 2 rings (SSSR count). The second kappa shape index (κ2) is 7.24. The molecule has 0 amide bonds. The van der Waals surface area contributed by atoms with Crippen LogP contribution in [0.25, 0.3) is 6.08 Å². The topological polar surface area (TPSA) is 65.0 Å². The number of ether oxygens (including phenoxy) is 3. The van der Waals surface area contributed by atoms with Crippen molar-refractivity contribution in [3.05, 3.63) is 42.0 Å². The molecule has 1 fully saturated rings. The third-order valence-corrected chi connectivity index (χ3v) is 3.37. The number of hydrogen-bond donors (Lipinski definition) is 1. The van der Waals surface area contributed by atoms with E-state index in [2.05, 4.69) is 4.74 Å². The average Bonchev–Trinajstić information content (AvgIpc) is 2.47. The van der Waals surface area contributed by atoms with Gasteiger partial charge in [-0.1, -0.05) is 43.3 Å². The van der Waals surface area contributed by atoms with E-state index in [1.807, 2.05) is 49.4 Å². The lowest BCUT2D eigenvalue weighted by atomic mass is 9.88. The molecule has 0 saturated carbocycles. The summed E-state index contributed by atoms with van der Waals surface area (Å²) in [6.45, 7) is 3.18. The Kier molecular flexibility index (Phi) is 5.36. The minimum absolute atomic E-state index is 0.156. The minimum atomic E-state index is -1.25. The molecule has 1 heterocycles. The molecule has 0 atom stereocenters. The fraction of sp³-hybridized carbons (Fsp3) is 0.438. The lowest BCUT2D eigenvalue weighted by Crippen LogP contribution is -2.39. The lowest BCUT2D eigenvalue weighted by Gasteiger charge is -2.36. The largest absolute Gasteiger partial charge is 0.505 e. The molecule has 0 aromatic heterocycles. The van der Waals surface area contributed by atoms with E-state index >= 15 is 0 Å². The highest BCUT2D eigenvalue weighted by Crippen LogP contribution is 2.28. The maximum Gasteiger partial charge on any atom is 0.505 e. The summed E-state index contributed by atoms with van der Waals surface area (Å²) in [6, 6.07) is 9.93. The van der Waals surface area contributed by atoms with Gasteiger partial charge < -0.3 is 19.3 Å². The van der Waals surface area contributed by atoms with Gasteiger partial charge in [-0.25, -0.2) is 4.79 Å². The van der Waals surface area contributed by atoms with E-state index in [0.29, 0.717) is 19.6 Å². The molecule has 1 saturated heterocycles. The van der Waals surface area contributed by atoms with Gasteiger partial charge in [-0.3, -0.25) is 0 Å². The van der Waals surface area contributed by atoms with Crippen LogP contribution >= 0.6 is 0 Å². The van der Waals surface area contributed by atoms with Crippen LogP contribution in [0.15, 0.2) is 36.4 Å². The zero-order chi connectivity index (χ0) is 15.1. The number of benzene rings is 1. The van der Waals surface area contributed by atoms with Gasteiger partial charge in [0.05, 0.1) is 19.8 Å². The smallest absolute Gasteiger partial charge is 0.450 e. The Hall–Kier alpha value is -1.85. The zero-order valence-electron chi connectivity index (χ0n) is 12.0. The Labute approximate surface area is 124 Å². The molecule has 5 nitrogen and oxygen atoms in total. The van der Waals surface area contributed by atoms with E-state index in [4.69, 9.17) is 14.6 Å². The van der Waals surface area contributed by atoms with Gasteiger partial charge in [-0.15, -0.1) is 0 Å². The first-order valence-electron chi connectivity index (χ1n) is 6.90. The molecule has 1 aromatic carbocycles. The first-order valence-corrected chi connectivity index (χ1v) is 6.90. The Bertz CT molecular complexity index is 475. The second-order valence-electron chi connectivity index (χ2n) is 5.44. The van der Waals surface area contributed by atoms with Crippen molar-refractivity contribution in [3.63, 3.8) is 0 Å². The van der Waals surface area contributed by atoms with Crippen LogP contribution < -0.4 is 0 Å². The summed E-state index contributed by atoms with van der Waals surface area (Å²) >= 11 is 0. The van der Waals surface area contributed by atoms with Crippen LogP contribution in [-0.2, 0) is 14.2 Å². The summed E-state index contributed by atoms with van der Waals surface area (Å²) in [5.41, 5.74) is 0.875. The highest BCUT2D eigenvalue weighted by atomic mass is 16.7. The van der Waals surface area contributed by atoms with Crippen LogP contribution in [0.3, 0.4) is 0 Å². The fourth-order valence-electron chi connectivity index (χ4n) is 2.05. The molecule has 114 valence electrons. The molecule has 0 spiro atoms. The van der Waals surface area contributed by atoms with Gasteiger partial charge in [-0.05, 0) is 18.1 Å². The van der Waals surface area contributed by atoms with Crippen molar-refractivity contribution in [3.8, 4) is 0 Å². The van der Waals surface area contributed by atoms with Crippen LogP contribution in [0.5, 0.6) is 0 Å². The minimum Gasteiger partial charge on any atom is -0.450 e. The van der Waals surface area contributed by atoms with Gasteiger partial charge >= 0.3 is 6.16 Å². The molecular weight excluding hydrogens is 272 g/mol. The summed E-state index contributed by atoms with van der Waals surface area (Å²) in [4.78, 5) is 10.3. The summed E-state index contributed by atoms with van der Waals surface area (Å²) in [6.07, 6.45) is 2.80. The van der Waals surface area contributed by atoms with Gasteiger partial charge in [-0.2, -0.15) is 0 Å². The summed E-state index contributed by atoms with van der Waals surface area (Å²) < 4.78 is 15.9. The van der Waals surface area contributed by atoms with Crippen molar-refractivity contribution >= 4 is 12.2 Å². The number of carbonyl (C=O) groups is 1. The van der Waals surface area contributed by atoms with Crippen LogP contribution in [0.4, 0.5) is 4.79 Å². The van der Waals surface area contributed by atoms with E-state index in [-0.39, 0.29) is 18.3 Å². The first-order chi connectivity index (χ1) is 10.1. The molecule has 1 aromatic rings. The molecule has 0 aliphatic carbocycles. The monoisotopic (exact) mass is 292 g/mol. The fourth-order valence-corrected chi connectivity index (χ4v) is 2.05. The number of carboxylic acid groups (broad SMARTS) is 1. The van der Waals surface area contributed by atoms with Crippen LogP contribution in [0.2, 0.25) is 0 Å². The van der Waals surface area contributed by atoms with E-state index in [9.17, 15) is 4.79 Å². The van der Waals surface area contributed by atoms with Crippen molar-refractivity contribution < 1.29 is 24.1 Å². The maximum atomic E-state index is 10.3. The second-order valence-corrected chi connectivity index (χ2v) is 5.44. The molecule has 1 N–H and O–H groups in total. The Balaban J connectivity index is 1.77. The van der Waals surface area contributed by atoms with Crippen molar-refractivity contribution in [2.24, 2.45) is 5.41 Å². The highest BCUT2D eigenvalue weighted by molar-refractivity contribution is 5.56. The molecule has 21 heavy (non-hydrogen) atoms. The lowest BCUT2D eigenvalue weighted by molar-refractivity contribution is -0.205. The Morgan fingerprint density at radius 2 is 2.05 bits per heavy atom. The SMILES string of the molecule is CC1(CCOC(=O)O)COC(C=Cc2ccccc2)OC1. The van der Waals surface area contributed by atoms with Gasteiger partial charge in [0.25, 0.3) is 0 Å². The quantitative estimate of drug-likeness (QED) is 0.844. The molecule has 0 radical (unpaired) electrons. The van der Waals surface area contributed by atoms with Gasteiger partial charge in [0.2, 0.25) is 0 Å². The summed E-state index contributed by atoms with van der Waals surface area (Å²) in [5, 5.41) is 8.45. The van der Waals surface area contributed by atoms with E-state index in [1.54, 1.807) is 0 Å². The third-order valence-electron chi connectivity index (χ3n) is 3.37. The van der Waals surface area contributed by atoms with E-state index in [0.717, 1.165) is 5.56 Å². The molecular formula is C16H20O5. The molecule has 0 bridgehead atoms. The van der Waals surface area contributed by atoms with Crippen molar-refractivity contribution in [2.75, 3.05) is 19.8 Å². The van der Waals surface area contributed by atoms with E-state index < -0.39 is 6.16 Å². The Morgan fingerprint density at radius 3 is 2.67 bits per heavy atom. The van der Waals surface area contributed by atoms with Crippen LogP contribution in [0, 0.1) is 5.41 Å². The Morgan fingerprint density at radius 1 is 1.38 bits per heavy atom. The first kappa shape index (κ1) is 15.5. The highest BCUT2D eigenvalue weighted by Gasteiger charge is 2.32.